The highest BCUT2D eigenvalue weighted by Crippen LogP contribution is 2.28. The number of amides is 1. The number of thiol groups is 1. The van der Waals surface area contributed by atoms with Gasteiger partial charge in [0.25, 0.3) is 10.4 Å². The van der Waals surface area contributed by atoms with Crippen LogP contribution in [0, 0.1) is 0 Å². The highest BCUT2D eigenvalue weighted by atomic mass is 79.9. The van der Waals surface area contributed by atoms with Gasteiger partial charge in [-0.15, -0.1) is 12.6 Å². The second-order valence-electron chi connectivity index (χ2n) is 10.5. The van der Waals surface area contributed by atoms with E-state index in [0.717, 1.165) is 39.7 Å². The number of rotatable bonds is 2. The highest BCUT2D eigenvalue weighted by molar-refractivity contribution is 9.11. The maximum absolute atomic E-state index is 11.6. The molecule has 0 aliphatic carbocycles. The molecular weight excluding hydrogens is 828 g/mol. The summed E-state index contributed by atoms with van der Waals surface area (Å²) in [7, 11) is 7.24. The van der Waals surface area contributed by atoms with Crippen LogP contribution < -0.4 is 4.74 Å². The second-order valence-corrected chi connectivity index (χ2v) is 15.1. The lowest BCUT2D eigenvalue weighted by molar-refractivity contribution is 0.241. The molecule has 0 bridgehead atoms. The molecule has 0 spiro atoms. The predicted molar refractivity (Wildman–Crippen MR) is 214 cm³/mol. The Kier molecular flexibility index (Phi) is 13.4. The van der Waals surface area contributed by atoms with Gasteiger partial charge in [0, 0.05) is 51.4 Å². The standard InChI is InChI=1S/2C13H12BrNOS.C10H7BrS/c1-15(2)13(16)17-12-6-4-9-3-5-11(14)7-10(9)8-12;1-15(2)13(17)16-12-6-4-9-3-5-11(14)7-10(9)8-12;11-9-3-1-7-2-4-10(12)6-8(7)5-9/h2*3-8H,1-2H3;1-6,12H. The molecule has 0 aromatic heterocycles. The van der Waals surface area contributed by atoms with E-state index in [1.807, 2.05) is 74.8 Å². The first-order valence-electron chi connectivity index (χ1n) is 13.9. The zero-order valence-corrected chi connectivity index (χ0v) is 32.8. The molecule has 0 N–H and O–H groups in total. The Morgan fingerprint density at radius 2 is 1.07 bits per heavy atom. The second kappa shape index (κ2) is 17.0. The molecule has 6 rings (SSSR count). The van der Waals surface area contributed by atoms with Crippen molar-refractivity contribution < 1.29 is 9.53 Å². The van der Waals surface area contributed by atoms with Gasteiger partial charge in [0.1, 0.15) is 5.75 Å². The number of benzene rings is 6. The molecule has 4 nitrogen and oxygen atoms in total. The van der Waals surface area contributed by atoms with Gasteiger partial charge < -0.3 is 14.5 Å². The number of nitrogens with zero attached hydrogens (tertiary/aromatic N) is 2. The van der Waals surface area contributed by atoms with Gasteiger partial charge in [-0.1, -0.05) is 84.2 Å². The number of ether oxygens (including phenoxy) is 1. The van der Waals surface area contributed by atoms with E-state index in [4.69, 9.17) is 17.0 Å². The van der Waals surface area contributed by atoms with Crippen molar-refractivity contribution in [2.75, 3.05) is 28.2 Å². The fourth-order valence-corrected chi connectivity index (χ4v) is 6.26. The van der Waals surface area contributed by atoms with Gasteiger partial charge in [0.2, 0.25) is 0 Å². The van der Waals surface area contributed by atoms with Crippen LogP contribution in [0.2, 0.25) is 0 Å². The van der Waals surface area contributed by atoms with Crippen LogP contribution in [0.5, 0.6) is 5.75 Å². The number of carbonyl (C=O) groups excluding carboxylic acids is 1. The monoisotopic (exact) mass is 856 g/mol. The number of fused-ring (bicyclic) bond motifs is 3. The van der Waals surface area contributed by atoms with Crippen molar-refractivity contribution in [2.24, 2.45) is 0 Å². The smallest absolute Gasteiger partial charge is 0.285 e. The average molecular weight is 860 g/mol. The molecule has 0 aliphatic heterocycles. The third-order valence-electron chi connectivity index (χ3n) is 6.47. The fourth-order valence-electron chi connectivity index (χ4n) is 4.11. The molecule has 10 heteroatoms. The SMILES string of the molecule is CN(C)C(=O)Sc1ccc2ccc(Br)cc2c1.CN(C)C(=S)Oc1ccc2ccc(Br)cc2c1.Sc1ccc2ccc(Br)cc2c1. The minimum absolute atomic E-state index is 0.0411. The molecular formula is C36H31Br3N2O2S3. The van der Waals surface area contributed by atoms with Crippen molar-refractivity contribution in [1.82, 2.24) is 9.80 Å². The molecule has 6 aromatic rings. The van der Waals surface area contributed by atoms with Crippen molar-refractivity contribution in [3.8, 4) is 5.75 Å². The fraction of sp³-hybridized carbons (Fsp3) is 0.111. The molecule has 46 heavy (non-hydrogen) atoms. The lowest BCUT2D eigenvalue weighted by atomic mass is 10.1. The molecule has 0 radical (unpaired) electrons. The van der Waals surface area contributed by atoms with E-state index in [-0.39, 0.29) is 5.24 Å². The van der Waals surface area contributed by atoms with E-state index in [9.17, 15) is 4.79 Å². The van der Waals surface area contributed by atoms with Crippen LogP contribution in [0.25, 0.3) is 32.3 Å². The quantitative estimate of drug-likeness (QED) is 0.107. The largest absolute Gasteiger partial charge is 0.432 e. The van der Waals surface area contributed by atoms with E-state index in [2.05, 4.69) is 109 Å². The van der Waals surface area contributed by atoms with Crippen molar-refractivity contribution in [2.45, 2.75) is 9.79 Å². The summed E-state index contributed by atoms with van der Waals surface area (Å²) < 4.78 is 8.77. The summed E-state index contributed by atoms with van der Waals surface area (Å²) in [5.74, 6) is 0.759. The van der Waals surface area contributed by atoms with Gasteiger partial charge in [0.15, 0.2) is 0 Å². The van der Waals surface area contributed by atoms with Gasteiger partial charge >= 0.3 is 0 Å². The van der Waals surface area contributed by atoms with Crippen molar-refractivity contribution in [3.63, 3.8) is 0 Å². The molecule has 0 saturated heterocycles. The first kappa shape index (κ1) is 36.2. The van der Waals surface area contributed by atoms with Crippen molar-refractivity contribution in [1.29, 1.82) is 0 Å². The zero-order valence-electron chi connectivity index (χ0n) is 25.5. The summed E-state index contributed by atoms with van der Waals surface area (Å²) in [4.78, 5) is 16.9. The summed E-state index contributed by atoms with van der Waals surface area (Å²) >= 11 is 21.0. The third-order valence-corrected chi connectivity index (χ3v) is 9.71. The Morgan fingerprint density at radius 1 is 0.609 bits per heavy atom. The van der Waals surface area contributed by atoms with E-state index in [0.29, 0.717) is 5.17 Å². The molecule has 0 fully saturated rings. The highest BCUT2D eigenvalue weighted by Gasteiger charge is 2.07. The van der Waals surface area contributed by atoms with Gasteiger partial charge in [-0.2, -0.15) is 0 Å². The maximum Gasteiger partial charge on any atom is 0.285 e. The number of thiocarbonyl (C=S) groups is 1. The lowest BCUT2D eigenvalue weighted by Gasteiger charge is -2.14. The summed E-state index contributed by atoms with van der Waals surface area (Å²) in [5, 5.41) is 7.58. The molecule has 0 heterocycles. The first-order valence-corrected chi connectivity index (χ1v) is 18.0. The number of thioether (sulfide) groups is 1. The van der Waals surface area contributed by atoms with Crippen LogP contribution in [-0.4, -0.2) is 48.4 Å². The number of hydrogen-bond acceptors (Lipinski definition) is 5. The Labute approximate surface area is 310 Å². The zero-order chi connectivity index (χ0) is 33.4. The summed E-state index contributed by atoms with van der Waals surface area (Å²) in [6.45, 7) is 0. The third kappa shape index (κ3) is 10.7. The van der Waals surface area contributed by atoms with Gasteiger partial charge in [0.05, 0.1) is 0 Å². The maximum atomic E-state index is 11.6. The predicted octanol–water partition coefficient (Wildman–Crippen LogP) is 12.1. The lowest BCUT2D eigenvalue weighted by Crippen LogP contribution is -2.24. The normalized spacial score (nSPS) is 10.4. The Bertz CT molecular complexity index is 1880. The first-order chi connectivity index (χ1) is 21.9. The number of halogens is 3. The summed E-state index contributed by atoms with van der Waals surface area (Å²) in [6.07, 6.45) is 0. The molecule has 0 saturated carbocycles. The number of hydrogen-bond donors (Lipinski definition) is 1. The van der Waals surface area contributed by atoms with E-state index >= 15 is 0 Å². The average Bonchev–Trinajstić information content (AvgIpc) is 3.01. The van der Waals surface area contributed by atoms with Gasteiger partial charge in [-0.3, -0.25) is 4.79 Å². The van der Waals surface area contributed by atoms with Crippen LogP contribution in [0.15, 0.2) is 132 Å². The van der Waals surface area contributed by atoms with Gasteiger partial charge in [-0.05, 0) is 129 Å². The van der Waals surface area contributed by atoms with E-state index < -0.39 is 0 Å². The molecule has 0 aliphatic rings. The minimum atomic E-state index is 0.0411. The Balaban J connectivity index is 0.000000159. The Hall–Kier alpha value is -2.60. The van der Waals surface area contributed by atoms with E-state index in [1.54, 1.807) is 23.9 Å². The summed E-state index contributed by atoms with van der Waals surface area (Å²) in [5.41, 5.74) is 0. The molecule has 0 unspecified atom stereocenters. The van der Waals surface area contributed by atoms with Crippen molar-refractivity contribution >= 4 is 127 Å². The van der Waals surface area contributed by atoms with Crippen LogP contribution in [-0.2, 0) is 0 Å². The number of carbonyl (C=O) groups is 1. The topological polar surface area (TPSA) is 32.8 Å². The molecule has 1 amide bonds. The van der Waals surface area contributed by atoms with Crippen LogP contribution >= 0.6 is 84.4 Å². The molecule has 6 aromatic carbocycles. The van der Waals surface area contributed by atoms with Crippen LogP contribution in [0.1, 0.15) is 0 Å². The molecule has 236 valence electrons. The van der Waals surface area contributed by atoms with Gasteiger partial charge in [-0.25, -0.2) is 0 Å². The summed E-state index contributed by atoms with van der Waals surface area (Å²) in [6, 6.07) is 36.6. The van der Waals surface area contributed by atoms with Crippen molar-refractivity contribution in [3.05, 3.63) is 123 Å². The van der Waals surface area contributed by atoms with Crippen LogP contribution in [0.4, 0.5) is 4.79 Å². The molecule has 0 atom stereocenters. The Morgan fingerprint density at radius 3 is 1.59 bits per heavy atom. The van der Waals surface area contributed by atoms with Crippen LogP contribution in [0.3, 0.4) is 0 Å². The van der Waals surface area contributed by atoms with E-state index in [1.165, 1.54) is 33.3 Å². The minimum Gasteiger partial charge on any atom is -0.432 e.